The van der Waals surface area contributed by atoms with Crippen LogP contribution in [0.2, 0.25) is 0 Å². The Bertz CT molecular complexity index is 1040. The van der Waals surface area contributed by atoms with Crippen molar-refractivity contribution in [1.82, 2.24) is 5.32 Å². The van der Waals surface area contributed by atoms with E-state index in [4.69, 9.17) is 0 Å². The number of amides is 2. The minimum absolute atomic E-state index is 0.126. The Hall–Kier alpha value is -3.13. The highest BCUT2D eigenvalue weighted by Gasteiger charge is 2.46. The first-order chi connectivity index (χ1) is 14.4. The van der Waals surface area contributed by atoms with E-state index in [9.17, 15) is 24.3 Å². The number of para-hydroxylation sites is 1. The second-order valence-electron chi connectivity index (χ2n) is 7.47. The summed E-state index contributed by atoms with van der Waals surface area (Å²) >= 11 is 4.35. The van der Waals surface area contributed by atoms with Crippen LogP contribution in [0.25, 0.3) is 0 Å². The fraction of sp³-hybridized carbons (Fsp3) is 0.273. The number of rotatable bonds is 5. The van der Waals surface area contributed by atoms with E-state index in [1.165, 1.54) is 0 Å². The fourth-order valence-corrected chi connectivity index (χ4v) is 4.33. The Morgan fingerprint density at radius 1 is 1.10 bits per heavy atom. The molecule has 8 heteroatoms. The Labute approximate surface area is 178 Å². The van der Waals surface area contributed by atoms with Crippen molar-refractivity contribution >= 4 is 41.9 Å². The van der Waals surface area contributed by atoms with Crippen LogP contribution in [0, 0.1) is 0 Å². The number of ketones is 1. The van der Waals surface area contributed by atoms with Gasteiger partial charge in [-0.05, 0) is 23.6 Å². The minimum atomic E-state index is -1.15. The van der Waals surface area contributed by atoms with Crippen LogP contribution in [0.5, 0.6) is 0 Å². The quantitative estimate of drug-likeness (QED) is 0.633. The molecule has 2 aliphatic heterocycles. The molecule has 0 saturated heterocycles. The number of carboxylic acids is 1. The highest BCUT2D eigenvalue weighted by molar-refractivity contribution is 7.81. The summed E-state index contributed by atoms with van der Waals surface area (Å²) in [7, 11) is 0. The van der Waals surface area contributed by atoms with Crippen LogP contribution in [-0.4, -0.2) is 46.0 Å². The zero-order chi connectivity index (χ0) is 21.4. The molecule has 1 unspecified atom stereocenters. The molecule has 154 valence electrons. The topological polar surface area (TPSA) is 104 Å². The van der Waals surface area contributed by atoms with Crippen molar-refractivity contribution < 1.29 is 24.3 Å². The van der Waals surface area contributed by atoms with E-state index in [0.717, 1.165) is 10.5 Å². The number of nitrogens with zero attached hydrogens (tertiary/aromatic N) is 1. The van der Waals surface area contributed by atoms with Gasteiger partial charge in [-0.15, -0.1) is 0 Å². The summed E-state index contributed by atoms with van der Waals surface area (Å²) < 4.78 is 0. The van der Waals surface area contributed by atoms with Crippen molar-refractivity contribution in [3.63, 3.8) is 0 Å². The van der Waals surface area contributed by atoms with Crippen molar-refractivity contribution in [2.24, 2.45) is 0 Å². The molecule has 2 aliphatic rings. The molecule has 3 atom stereocenters. The molecular weight excluding hydrogens is 404 g/mol. The van der Waals surface area contributed by atoms with E-state index in [0.29, 0.717) is 23.2 Å². The molecule has 7 nitrogen and oxygen atoms in total. The zero-order valence-corrected chi connectivity index (χ0v) is 16.8. The number of nitrogens with one attached hydrogen (secondary N) is 1. The number of carbonyl (C=O) groups excluding carboxylic acids is 3. The molecule has 2 aromatic rings. The standard InChI is InChI=1S/C22H20N2O5S/c25-17-11-15(23-20(26)18(30)9-12-5-2-1-3-6-12)21(27)24-16(22(28)29)10-13-7-4-8-14(17)19(13)24/h1-8,15-16,18,30H,9-11H2,(H,23,26)(H,28,29)/t15?,16-,18-/m0/s1. The average molecular weight is 424 g/mol. The van der Waals surface area contributed by atoms with Crippen molar-refractivity contribution in [3.05, 3.63) is 65.2 Å². The molecule has 2 aromatic carbocycles. The number of thiol groups is 1. The first-order valence-corrected chi connectivity index (χ1v) is 10.1. The Morgan fingerprint density at radius 3 is 2.53 bits per heavy atom. The van der Waals surface area contributed by atoms with Gasteiger partial charge in [0.2, 0.25) is 5.91 Å². The van der Waals surface area contributed by atoms with E-state index >= 15 is 0 Å². The summed E-state index contributed by atoms with van der Waals surface area (Å²) in [6.07, 6.45) is 0.258. The lowest BCUT2D eigenvalue weighted by Crippen LogP contribution is -2.53. The van der Waals surface area contributed by atoms with Gasteiger partial charge in [-0.2, -0.15) is 12.6 Å². The van der Waals surface area contributed by atoms with Crippen molar-refractivity contribution in [2.75, 3.05) is 4.90 Å². The first-order valence-electron chi connectivity index (χ1n) is 9.60. The lowest BCUT2D eigenvalue weighted by molar-refractivity contribution is -0.140. The molecular formula is C22H20N2O5S. The third-order valence-corrected chi connectivity index (χ3v) is 5.90. The molecule has 0 aromatic heterocycles. The van der Waals surface area contributed by atoms with Gasteiger partial charge in [0.05, 0.1) is 10.9 Å². The summed E-state index contributed by atoms with van der Waals surface area (Å²) in [6, 6.07) is 12.1. The number of hydrogen-bond acceptors (Lipinski definition) is 5. The van der Waals surface area contributed by atoms with Gasteiger partial charge in [0.1, 0.15) is 12.1 Å². The van der Waals surface area contributed by atoms with Crippen LogP contribution in [0.3, 0.4) is 0 Å². The van der Waals surface area contributed by atoms with Crippen LogP contribution in [0.15, 0.2) is 48.5 Å². The Kier molecular flexibility index (Phi) is 5.34. The second-order valence-corrected chi connectivity index (χ2v) is 8.10. The van der Waals surface area contributed by atoms with Gasteiger partial charge in [0.25, 0.3) is 5.91 Å². The number of anilines is 1. The third kappa shape index (κ3) is 3.59. The highest BCUT2D eigenvalue weighted by Crippen LogP contribution is 2.39. The largest absolute Gasteiger partial charge is 0.480 e. The summed E-state index contributed by atoms with van der Waals surface area (Å²) in [5, 5.41) is 11.5. The maximum Gasteiger partial charge on any atom is 0.327 e. The maximum atomic E-state index is 13.2. The average Bonchev–Trinajstić information content (AvgIpc) is 3.09. The van der Waals surface area contributed by atoms with Gasteiger partial charge in [-0.3, -0.25) is 19.3 Å². The normalized spacial score (nSPS) is 21.0. The Balaban J connectivity index is 1.58. The monoisotopic (exact) mass is 424 g/mol. The summed E-state index contributed by atoms with van der Waals surface area (Å²) in [6.45, 7) is 0. The first kappa shape index (κ1) is 20.2. The van der Waals surface area contributed by atoms with E-state index in [1.54, 1.807) is 18.2 Å². The van der Waals surface area contributed by atoms with Gasteiger partial charge in [-0.1, -0.05) is 42.5 Å². The number of carboxylic acid groups (broad SMARTS) is 1. The van der Waals surface area contributed by atoms with Crippen molar-refractivity contribution in [2.45, 2.75) is 36.6 Å². The third-order valence-electron chi connectivity index (χ3n) is 5.49. The SMILES string of the molecule is O=C1CC(NC(=O)[C@@H](S)Cc2ccccc2)C(=O)N2c3c(cccc31)C[C@H]2C(=O)O. The molecule has 0 radical (unpaired) electrons. The summed E-state index contributed by atoms with van der Waals surface area (Å²) in [5.74, 6) is -2.53. The number of aliphatic carboxylic acids is 1. The van der Waals surface area contributed by atoms with Crippen LogP contribution in [-0.2, 0) is 27.2 Å². The van der Waals surface area contributed by atoms with E-state index in [-0.39, 0.29) is 18.6 Å². The molecule has 4 rings (SSSR count). The molecule has 0 aliphatic carbocycles. The number of benzene rings is 2. The number of Topliss-reactive ketones (excluding diaryl/α,β-unsaturated/α-hetero) is 1. The lowest BCUT2D eigenvalue weighted by atomic mass is 10.00. The van der Waals surface area contributed by atoms with Crippen LogP contribution in [0.1, 0.15) is 27.9 Å². The fourth-order valence-electron chi connectivity index (χ4n) is 4.04. The molecule has 0 spiro atoms. The van der Waals surface area contributed by atoms with Crippen LogP contribution < -0.4 is 10.2 Å². The molecule has 2 amide bonds. The van der Waals surface area contributed by atoms with Gasteiger partial charge in [0.15, 0.2) is 5.78 Å². The van der Waals surface area contributed by atoms with Gasteiger partial charge >= 0.3 is 5.97 Å². The molecule has 0 fully saturated rings. The molecule has 0 bridgehead atoms. The van der Waals surface area contributed by atoms with Crippen LogP contribution >= 0.6 is 12.6 Å². The Morgan fingerprint density at radius 2 is 1.83 bits per heavy atom. The minimum Gasteiger partial charge on any atom is -0.480 e. The zero-order valence-electron chi connectivity index (χ0n) is 15.9. The van der Waals surface area contributed by atoms with Gasteiger partial charge < -0.3 is 10.4 Å². The molecule has 30 heavy (non-hydrogen) atoms. The summed E-state index contributed by atoms with van der Waals surface area (Å²) in [5.41, 5.74) is 2.22. The predicted molar refractivity (Wildman–Crippen MR) is 113 cm³/mol. The van der Waals surface area contributed by atoms with E-state index < -0.39 is 35.1 Å². The van der Waals surface area contributed by atoms with E-state index in [1.807, 2.05) is 30.3 Å². The van der Waals surface area contributed by atoms with E-state index in [2.05, 4.69) is 17.9 Å². The molecule has 2 N–H and O–H groups in total. The van der Waals surface area contributed by atoms with Crippen molar-refractivity contribution in [3.8, 4) is 0 Å². The predicted octanol–water partition coefficient (Wildman–Crippen LogP) is 1.64. The number of carbonyl (C=O) groups is 4. The van der Waals surface area contributed by atoms with Crippen molar-refractivity contribution in [1.29, 1.82) is 0 Å². The highest BCUT2D eigenvalue weighted by atomic mass is 32.1. The molecule has 2 heterocycles. The van der Waals surface area contributed by atoms with Crippen LogP contribution in [0.4, 0.5) is 5.69 Å². The van der Waals surface area contributed by atoms with Gasteiger partial charge in [0, 0.05) is 18.4 Å². The number of hydrogen-bond donors (Lipinski definition) is 3. The summed E-state index contributed by atoms with van der Waals surface area (Å²) in [4.78, 5) is 51.7. The molecule has 0 saturated carbocycles. The maximum absolute atomic E-state index is 13.2. The van der Waals surface area contributed by atoms with Gasteiger partial charge in [-0.25, -0.2) is 4.79 Å². The lowest BCUT2D eigenvalue weighted by Gasteiger charge is -2.26. The second kappa shape index (κ2) is 7.95. The smallest absolute Gasteiger partial charge is 0.327 e.